The Bertz CT molecular complexity index is 1310. The van der Waals surface area contributed by atoms with E-state index in [-0.39, 0.29) is 25.1 Å². The number of allylic oxidation sites excluding steroid dienone is 3. The minimum Gasteiger partial charge on any atom is -0.497 e. The van der Waals surface area contributed by atoms with Crippen molar-refractivity contribution in [2.45, 2.75) is 31.6 Å². The number of hydrogen-bond acceptors (Lipinski definition) is 7. The molecule has 2 aromatic rings. The van der Waals surface area contributed by atoms with Crippen LogP contribution in [0.25, 0.3) is 0 Å². The predicted molar refractivity (Wildman–Crippen MR) is 134 cm³/mol. The fourth-order valence-electron chi connectivity index (χ4n) is 5.10. The van der Waals surface area contributed by atoms with Crippen LogP contribution in [0.1, 0.15) is 42.7 Å². The number of ether oxygens (including phenoxy) is 4. The van der Waals surface area contributed by atoms with E-state index in [1.165, 1.54) is 6.08 Å². The molecule has 0 unspecified atom stereocenters. The molecule has 0 saturated heterocycles. The minimum atomic E-state index is -0.704. The first-order valence-corrected chi connectivity index (χ1v) is 12.0. The summed E-state index contributed by atoms with van der Waals surface area (Å²) in [5.41, 5.74) is 3.90. The molecule has 3 aliphatic rings. The van der Waals surface area contributed by atoms with Gasteiger partial charge in [0.1, 0.15) is 12.4 Å². The number of benzene rings is 2. The summed E-state index contributed by atoms with van der Waals surface area (Å²) in [5.74, 6) is 0.508. The number of Topliss-reactive ketones (excluding diaryl/α,β-unsaturated/α-hetero) is 1. The Hall–Kier alpha value is -3.71. The molecule has 1 aliphatic carbocycles. The lowest BCUT2D eigenvalue weighted by Gasteiger charge is -2.37. The number of hydrogen-bond donors (Lipinski definition) is 1. The molecule has 1 N–H and O–H groups in total. The van der Waals surface area contributed by atoms with Crippen molar-refractivity contribution in [3.63, 3.8) is 0 Å². The monoisotopic (exact) mass is 507 g/mol. The molecule has 7 nitrogen and oxygen atoms in total. The van der Waals surface area contributed by atoms with Gasteiger partial charge in [-0.3, -0.25) is 4.79 Å². The summed E-state index contributed by atoms with van der Waals surface area (Å²) in [6, 6.07) is 11.2. The molecule has 0 radical (unpaired) electrons. The molecule has 2 aromatic carbocycles. The highest BCUT2D eigenvalue weighted by Gasteiger charge is 2.42. The van der Waals surface area contributed by atoms with E-state index in [0.717, 1.165) is 17.0 Å². The normalized spacial score (nSPS) is 20.6. The molecule has 0 fully saturated rings. The molecule has 36 heavy (non-hydrogen) atoms. The third-order valence-corrected chi connectivity index (χ3v) is 7.10. The molecule has 8 heteroatoms. The van der Waals surface area contributed by atoms with Crippen LogP contribution in [-0.4, -0.2) is 32.3 Å². The summed E-state index contributed by atoms with van der Waals surface area (Å²) in [5, 5.41) is 3.72. The average Bonchev–Trinajstić information content (AvgIpc) is 3.33. The zero-order valence-electron chi connectivity index (χ0n) is 20.1. The molecule has 0 spiro atoms. The molecule has 2 atom stereocenters. The number of carbonyl (C=O) groups is 2. The number of rotatable bonds is 6. The molecule has 0 amide bonds. The molecular weight excluding hydrogens is 482 g/mol. The Labute approximate surface area is 214 Å². The van der Waals surface area contributed by atoms with Crippen molar-refractivity contribution in [1.82, 2.24) is 5.32 Å². The van der Waals surface area contributed by atoms with E-state index in [1.54, 1.807) is 19.2 Å². The standard InChI is InChI=1S/C28H26ClNO6/c1-4-9-34-28(32)25-15(2)30-21-10-17(16-5-7-18(33-3)8-6-16)11-22(31)27(21)26(25)19-12-23-24(13-20(19)29)36-14-35-23/h4-8,12-13,17,26,30H,1,9-11,14H2,2-3H3/t17-,26+/m0/s1. The topological polar surface area (TPSA) is 83.1 Å². The van der Waals surface area contributed by atoms with Crippen molar-refractivity contribution in [3.8, 4) is 17.2 Å². The van der Waals surface area contributed by atoms with Gasteiger partial charge in [0.2, 0.25) is 6.79 Å². The second-order valence-electron chi connectivity index (χ2n) is 8.90. The van der Waals surface area contributed by atoms with Crippen molar-refractivity contribution in [1.29, 1.82) is 0 Å². The lowest BCUT2D eigenvalue weighted by molar-refractivity contribution is -0.138. The summed E-state index contributed by atoms with van der Waals surface area (Å²) in [6.07, 6.45) is 2.42. The Balaban J connectivity index is 1.59. The van der Waals surface area contributed by atoms with Crippen LogP contribution in [0, 0.1) is 0 Å². The first-order valence-electron chi connectivity index (χ1n) is 11.7. The van der Waals surface area contributed by atoms with Gasteiger partial charge in [0.25, 0.3) is 0 Å². The van der Waals surface area contributed by atoms with Gasteiger partial charge < -0.3 is 24.3 Å². The van der Waals surface area contributed by atoms with Gasteiger partial charge in [0.15, 0.2) is 17.3 Å². The maximum absolute atomic E-state index is 13.7. The van der Waals surface area contributed by atoms with Gasteiger partial charge in [0, 0.05) is 40.4 Å². The highest BCUT2D eigenvalue weighted by atomic mass is 35.5. The second kappa shape index (κ2) is 9.74. The lowest BCUT2D eigenvalue weighted by atomic mass is 9.71. The van der Waals surface area contributed by atoms with Crippen molar-refractivity contribution in [2.24, 2.45) is 0 Å². The highest BCUT2D eigenvalue weighted by Crippen LogP contribution is 2.49. The zero-order valence-corrected chi connectivity index (χ0v) is 20.8. The van der Waals surface area contributed by atoms with Crippen molar-refractivity contribution in [2.75, 3.05) is 20.5 Å². The summed E-state index contributed by atoms with van der Waals surface area (Å²) in [6.45, 7) is 5.57. The van der Waals surface area contributed by atoms with Crippen molar-refractivity contribution in [3.05, 3.63) is 87.7 Å². The van der Waals surface area contributed by atoms with Gasteiger partial charge in [-0.25, -0.2) is 4.79 Å². The first-order chi connectivity index (χ1) is 17.4. The predicted octanol–water partition coefficient (Wildman–Crippen LogP) is 5.17. The summed E-state index contributed by atoms with van der Waals surface area (Å²) < 4.78 is 21.7. The fourth-order valence-corrected chi connectivity index (χ4v) is 5.36. The first kappa shape index (κ1) is 24.0. The van der Waals surface area contributed by atoms with Gasteiger partial charge in [-0.2, -0.15) is 0 Å². The van der Waals surface area contributed by atoms with Crippen LogP contribution in [-0.2, 0) is 14.3 Å². The van der Waals surface area contributed by atoms with Gasteiger partial charge >= 0.3 is 5.97 Å². The third-order valence-electron chi connectivity index (χ3n) is 6.77. The maximum atomic E-state index is 13.7. The smallest absolute Gasteiger partial charge is 0.337 e. The van der Waals surface area contributed by atoms with E-state index in [2.05, 4.69) is 11.9 Å². The molecule has 0 saturated carbocycles. The van der Waals surface area contributed by atoms with Gasteiger partial charge in [0.05, 0.1) is 12.7 Å². The molecule has 0 aromatic heterocycles. The Morgan fingerprint density at radius 1 is 1.19 bits per heavy atom. The summed E-state index contributed by atoms with van der Waals surface area (Å²) in [4.78, 5) is 27.0. The second-order valence-corrected chi connectivity index (χ2v) is 9.31. The van der Waals surface area contributed by atoms with E-state index < -0.39 is 11.9 Å². The summed E-state index contributed by atoms with van der Waals surface area (Å²) in [7, 11) is 1.62. The molecule has 2 heterocycles. The average molecular weight is 508 g/mol. The van der Waals surface area contributed by atoms with E-state index in [4.69, 9.17) is 30.5 Å². The van der Waals surface area contributed by atoms with E-state index in [0.29, 0.717) is 51.8 Å². The van der Waals surface area contributed by atoms with Crippen molar-refractivity contribution < 1.29 is 28.5 Å². The SMILES string of the molecule is C=CCOC(=O)C1=C(C)NC2=C(C(=O)C[C@@H](c3ccc(OC)cc3)C2)[C@@H]1c1cc2c(cc1Cl)OCO2. The van der Waals surface area contributed by atoms with Gasteiger partial charge in [-0.1, -0.05) is 36.4 Å². The van der Waals surface area contributed by atoms with E-state index in [1.807, 2.05) is 31.2 Å². The Kier molecular flexibility index (Phi) is 6.49. The number of nitrogens with one attached hydrogen (secondary N) is 1. The quantitative estimate of drug-likeness (QED) is 0.426. The van der Waals surface area contributed by atoms with Gasteiger partial charge in [-0.15, -0.1) is 0 Å². The number of ketones is 1. The van der Waals surface area contributed by atoms with E-state index in [9.17, 15) is 9.59 Å². The summed E-state index contributed by atoms with van der Waals surface area (Å²) >= 11 is 6.70. The van der Waals surface area contributed by atoms with Gasteiger partial charge in [-0.05, 0) is 48.6 Å². The molecule has 2 aliphatic heterocycles. The Morgan fingerprint density at radius 3 is 2.61 bits per heavy atom. The number of dihydropyridines is 1. The van der Waals surface area contributed by atoms with Crippen LogP contribution in [0.15, 0.2) is 71.6 Å². The molecule has 5 rings (SSSR count). The lowest BCUT2D eigenvalue weighted by Crippen LogP contribution is -2.36. The molecule has 0 bridgehead atoms. The van der Waals surface area contributed by atoms with Crippen LogP contribution >= 0.6 is 11.6 Å². The zero-order chi connectivity index (χ0) is 25.4. The third kappa shape index (κ3) is 4.24. The highest BCUT2D eigenvalue weighted by molar-refractivity contribution is 6.32. The fraction of sp³-hybridized carbons (Fsp3) is 0.286. The maximum Gasteiger partial charge on any atom is 0.337 e. The van der Waals surface area contributed by atoms with Crippen molar-refractivity contribution >= 4 is 23.4 Å². The van der Waals surface area contributed by atoms with Crippen LogP contribution < -0.4 is 19.5 Å². The van der Waals surface area contributed by atoms with Crippen LogP contribution in [0.2, 0.25) is 5.02 Å². The molecule has 186 valence electrons. The largest absolute Gasteiger partial charge is 0.497 e. The number of carbonyl (C=O) groups excluding carboxylic acids is 2. The molecular formula is C28H26ClNO6. The van der Waals surface area contributed by atoms with Crippen LogP contribution in [0.5, 0.6) is 17.2 Å². The van der Waals surface area contributed by atoms with E-state index >= 15 is 0 Å². The number of methoxy groups -OCH3 is 1. The minimum absolute atomic E-state index is 0.00963. The number of esters is 1. The van der Waals surface area contributed by atoms with Crippen LogP contribution in [0.3, 0.4) is 0 Å². The van der Waals surface area contributed by atoms with Crippen LogP contribution in [0.4, 0.5) is 0 Å². The Morgan fingerprint density at radius 2 is 1.92 bits per heavy atom. The number of fused-ring (bicyclic) bond motifs is 1. The number of halogens is 1.